The summed E-state index contributed by atoms with van der Waals surface area (Å²) in [5.41, 5.74) is 0.934. The van der Waals surface area contributed by atoms with Gasteiger partial charge >= 0.3 is 0 Å². The van der Waals surface area contributed by atoms with Crippen LogP contribution in [0.1, 0.15) is 19.8 Å². The standard InChI is InChI=1S/C14H18FNO/c1-2-3-10-17-11-9-16-8-7-12-13(15)5-4-6-14(12)16/h4-8H,2-3,9-11H2,1H3. The second-order valence-electron chi connectivity index (χ2n) is 4.15. The molecular formula is C14H18FNO. The van der Waals surface area contributed by atoms with E-state index in [-0.39, 0.29) is 5.82 Å². The van der Waals surface area contributed by atoms with Gasteiger partial charge < -0.3 is 9.30 Å². The van der Waals surface area contributed by atoms with Crippen LogP contribution in [0.25, 0.3) is 10.9 Å². The maximum atomic E-state index is 13.4. The van der Waals surface area contributed by atoms with Crippen molar-refractivity contribution in [3.05, 3.63) is 36.3 Å². The summed E-state index contributed by atoms with van der Waals surface area (Å²) in [6.45, 7) is 4.41. The van der Waals surface area contributed by atoms with Gasteiger partial charge in [0.25, 0.3) is 0 Å². The highest BCUT2D eigenvalue weighted by Gasteiger charge is 2.04. The minimum Gasteiger partial charge on any atom is -0.380 e. The molecule has 3 heteroatoms. The van der Waals surface area contributed by atoms with Gasteiger partial charge in [0.1, 0.15) is 5.82 Å². The summed E-state index contributed by atoms with van der Waals surface area (Å²) in [6, 6.07) is 6.98. The number of hydrogen-bond donors (Lipinski definition) is 0. The first kappa shape index (κ1) is 12.1. The van der Waals surface area contributed by atoms with Crippen molar-refractivity contribution < 1.29 is 9.13 Å². The molecule has 0 aliphatic carbocycles. The molecule has 0 aliphatic heterocycles. The van der Waals surface area contributed by atoms with Gasteiger partial charge in [-0.2, -0.15) is 0 Å². The van der Waals surface area contributed by atoms with Gasteiger partial charge in [-0.05, 0) is 24.6 Å². The molecule has 0 fully saturated rings. The minimum atomic E-state index is -0.159. The molecule has 1 aromatic carbocycles. The zero-order valence-electron chi connectivity index (χ0n) is 10.2. The summed E-state index contributed by atoms with van der Waals surface area (Å²) in [4.78, 5) is 0. The van der Waals surface area contributed by atoms with Crippen molar-refractivity contribution in [2.75, 3.05) is 13.2 Å². The summed E-state index contributed by atoms with van der Waals surface area (Å²) < 4.78 is 21.0. The van der Waals surface area contributed by atoms with Gasteiger partial charge in [0.15, 0.2) is 0 Å². The second-order valence-corrected chi connectivity index (χ2v) is 4.15. The zero-order chi connectivity index (χ0) is 12.1. The maximum Gasteiger partial charge on any atom is 0.132 e. The van der Waals surface area contributed by atoms with E-state index in [0.717, 1.165) is 31.5 Å². The molecule has 2 rings (SSSR count). The van der Waals surface area contributed by atoms with E-state index in [4.69, 9.17) is 4.74 Å². The Morgan fingerprint density at radius 3 is 2.94 bits per heavy atom. The van der Waals surface area contributed by atoms with Crippen molar-refractivity contribution in [2.24, 2.45) is 0 Å². The number of halogens is 1. The molecule has 17 heavy (non-hydrogen) atoms. The monoisotopic (exact) mass is 235 g/mol. The summed E-state index contributed by atoms with van der Waals surface area (Å²) >= 11 is 0. The Balaban J connectivity index is 1.97. The molecule has 0 bridgehead atoms. The smallest absolute Gasteiger partial charge is 0.132 e. The van der Waals surface area contributed by atoms with E-state index < -0.39 is 0 Å². The van der Waals surface area contributed by atoms with Crippen molar-refractivity contribution in [3.8, 4) is 0 Å². The fraction of sp³-hybridized carbons (Fsp3) is 0.429. The molecule has 1 heterocycles. The van der Waals surface area contributed by atoms with Gasteiger partial charge in [0, 0.05) is 24.7 Å². The van der Waals surface area contributed by atoms with Gasteiger partial charge in [-0.25, -0.2) is 4.39 Å². The van der Waals surface area contributed by atoms with E-state index in [1.807, 2.05) is 22.9 Å². The van der Waals surface area contributed by atoms with E-state index in [9.17, 15) is 4.39 Å². The van der Waals surface area contributed by atoms with Crippen LogP contribution in [0.5, 0.6) is 0 Å². The predicted octanol–water partition coefficient (Wildman–Crippen LogP) is 3.60. The van der Waals surface area contributed by atoms with Crippen molar-refractivity contribution in [1.29, 1.82) is 0 Å². The van der Waals surface area contributed by atoms with Gasteiger partial charge in [-0.3, -0.25) is 0 Å². The largest absolute Gasteiger partial charge is 0.380 e. The SMILES string of the molecule is CCCCOCCn1ccc2c(F)cccc21. The van der Waals surface area contributed by atoms with Crippen LogP contribution >= 0.6 is 0 Å². The highest BCUT2D eigenvalue weighted by molar-refractivity contribution is 5.80. The van der Waals surface area contributed by atoms with Gasteiger partial charge in [-0.1, -0.05) is 19.4 Å². The van der Waals surface area contributed by atoms with Crippen molar-refractivity contribution >= 4 is 10.9 Å². The molecule has 2 nitrogen and oxygen atoms in total. The third kappa shape index (κ3) is 2.86. The Bertz CT molecular complexity index is 478. The Hall–Kier alpha value is -1.35. The number of benzene rings is 1. The quantitative estimate of drug-likeness (QED) is 0.698. The van der Waals surface area contributed by atoms with Gasteiger partial charge in [0.2, 0.25) is 0 Å². The van der Waals surface area contributed by atoms with Crippen LogP contribution in [-0.2, 0) is 11.3 Å². The molecule has 92 valence electrons. The highest BCUT2D eigenvalue weighted by atomic mass is 19.1. The summed E-state index contributed by atoms with van der Waals surface area (Å²) in [5.74, 6) is -0.159. The lowest BCUT2D eigenvalue weighted by Gasteiger charge is -2.06. The number of nitrogens with zero attached hydrogens (tertiary/aromatic N) is 1. The molecule has 0 amide bonds. The number of fused-ring (bicyclic) bond motifs is 1. The van der Waals surface area contributed by atoms with Crippen LogP contribution in [0.3, 0.4) is 0 Å². The predicted molar refractivity (Wildman–Crippen MR) is 67.6 cm³/mol. The Labute approximate surface area is 101 Å². The van der Waals surface area contributed by atoms with E-state index in [1.165, 1.54) is 6.07 Å². The first-order valence-corrected chi connectivity index (χ1v) is 6.14. The summed E-state index contributed by atoms with van der Waals surface area (Å²) in [6.07, 6.45) is 4.16. The Kier molecular flexibility index (Phi) is 4.15. The van der Waals surface area contributed by atoms with E-state index in [2.05, 4.69) is 6.92 Å². The van der Waals surface area contributed by atoms with Crippen LogP contribution in [0.15, 0.2) is 30.5 Å². The lowest BCUT2D eigenvalue weighted by atomic mass is 10.2. The van der Waals surface area contributed by atoms with Crippen LogP contribution in [-0.4, -0.2) is 17.8 Å². The minimum absolute atomic E-state index is 0.159. The molecule has 0 aliphatic rings. The average Bonchev–Trinajstić information content (AvgIpc) is 2.74. The zero-order valence-corrected chi connectivity index (χ0v) is 10.2. The Morgan fingerprint density at radius 1 is 1.24 bits per heavy atom. The number of unbranched alkanes of at least 4 members (excludes halogenated alkanes) is 1. The van der Waals surface area contributed by atoms with Crippen LogP contribution in [0.4, 0.5) is 4.39 Å². The van der Waals surface area contributed by atoms with Gasteiger partial charge in [-0.15, -0.1) is 0 Å². The summed E-state index contributed by atoms with van der Waals surface area (Å²) in [5, 5.41) is 0.682. The highest BCUT2D eigenvalue weighted by Crippen LogP contribution is 2.18. The number of ether oxygens (including phenoxy) is 1. The summed E-state index contributed by atoms with van der Waals surface area (Å²) in [7, 11) is 0. The second kappa shape index (κ2) is 5.82. The third-order valence-corrected chi connectivity index (χ3v) is 2.88. The molecule has 0 radical (unpaired) electrons. The van der Waals surface area contributed by atoms with Gasteiger partial charge in [0.05, 0.1) is 12.1 Å². The van der Waals surface area contributed by atoms with E-state index in [0.29, 0.717) is 12.0 Å². The lowest BCUT2D eigenvalue weighted by Crippen LogP contribution is -2.05. The molecule has 0 spiro atoms. The van der Waals surface area contributed by atoms with Crippen molar-refractivity contribution in [2.45, 2.75) is 26.3 Å². The first-order chi connectivity index (χ1) is 8.33. The molecule has 0 N–H and O–H groups in total. The number of hydrogen-bond acceptors (Lipinski definition) is 1. The molecule has 0 saturated heterocycles. The molecule has 0 saturated carbocycles. The van der Waals surface area contributed by atoms with Crippen LogP contribution in [0, 0.1) is 5.82 Å². The number of aromatic nitrogens is 1. The van der Waals surface area contributed by atoms with Crippen LogP contribution in [0.2, 0.25) is 0 Å². The van der Waals surface area contributed by atoms with E-state index in [1.54, 1.807) is 6.07 Å². The fourth-order valence-electron chi connectivity index (χ4n) is 1.89. The fourth-order valence-corrected chi connectivity index (χ4v) is 1.89. The third-order valence-electron chi connectivity index (χ3n) is 2.88. The van der Waals surface area contributed by atoms with Crippen molar-refractivity contribution in [3.63, 3.8) is 0 Å². The number of rotatable bonds is 6. The first-order valence-electron chi connectivity index (χ1n) is 6.14. The molecule has 0 atom stereocenters. The van der Waals surface area contributed by atoms with Crippen molar-refractivity contribution in [1.82, 2.24) is 4.57 Å². The average molecular weight is 235 g/mol. The maximum absolute atomic E-state index is 13.4. The molecular weight excluding hydrogens is 217 g/mol. The lowest BCUT2D eigenvalue weighted by molar-refractivity contribution is 0.124. The topological polar surface area (TPSA) is 14.2 Å². The normalized spacial score (nSPS) is 11.2. The van der Waals surface area contributed by atoms with E-state index >= 15 is 0 Å². The molecule has 0 unspecified atom stereocenters. The molecule has 1 aromatic heterocycles. The van der Waals surface area contributed by atoms with Crippen LogP contribution < -0.4 is 0 Å². The molecule has 2 aromatic rings. The Morgan fingerprint density at radius 2 is 2.12 bits per heavy atom.